The number of fused-ring (bicyclic) bond motifs is 1. The van der Waals surface area contributed by atoms with Crippen molar-refractivity contribution in [3.63, 3.8) is 0 Å². The molecule has 1 aromatic heterocycles. The zero-order chi connectivity index (χ0) is 16.6. The van der Waals surface area contributed by atoms with E-state index in [1.54, 1.807) is 6.92 Å². The monoisotopic (exact) mass is 311 g/mol. The molecular formula is C18H14FNO3. The Hall–Kier alpha value is -2.95. The van der Waals surface area contributed by atoms with Gasteiger partial charge in [-0.2, -0.15) is 0 Å². The smallest absolute Gasteiger partial charge is 0.336 e. The van der Waals surface area contributed by atoms with E-state index >= 15 is 0 Å². The molecule has 5 heteroatoms. The van der Waals surface area contributed by atoms with Crippen LogP contribution in [0.2, 0.25) is 0 Å². The van der Waals surface area contributed by atoms with E-state index in [-0.39, 0.29) is 16.7 Å². The first-order chi connectivity index (χ1) is 11.0. The van der Waals surface area contributed by atoms with Gasteiger partial charge < -0.3 is 9.84 Å². The molecule has 0 unspecified atom stereocenters. The molecule has 3 aromatic rings. The highest BCUT2D eigenvalue weighted by Crippen LogP contribution is 2.32. The fourth-order valence-electron chi connectivity index (χ4n) is 2.67. The lowest BCUT2D eigenvalue weighted by atomic mass is 9.97. The second kappa shape index (κ2) is 5.68. The Kier molecular flexibility index (Phi) is 3.70. The lowest BCUT2D eigenvalue weighted by molar-refractivity contribution is 0.0698. The van der Waals surface area contributed by atoms with Crippen LogP contribution in [0, 0.1) is 12.7 Å². The van der Waals surface area contributed by atoms with Crippen LogP contribution in [0.25, 0.3) is 22.2 Å². The number of carbonyl (C=O) groups is 1. The van der Waals surface area contributed by atoms with E-state index < -0.39 is 11.8 Å². The largest absolute Gasteiger partial charge is 0.494 e. The number of benzene rings is 2. The van der Waals surface area contributed by atoms with Crippen molar-refractivity contribution in [2.75, 3.05) is 7.11 Å². The predicted molar refractivity (Wildman–Crippen MR) is 85.4 cm³/mol. The first-order valence-corrected chi connectivity index (χ1v) is 6.99. The van der Waals surface area contributed by atoms with E-state index in [1.807, 2.05) is 30.3 Å². The minimum atomic E-state index is -1.11. The van der Waals surface area contributed by atoms with Gasteiger partial charge in [-0.1, -0.05) is 30.3 Å². The van der Waals surface area contributed by atoms with Crippen LogP contribution >= 0.6 is 0 Å². The molecule has 0 fully saturated rings. The van der Waals surface area contributed by atoms with Crippen molar-refractivity contribution in [3.8, 4) is 17.0 Å². The summed E-state index contributed by atoms with van der Waals surface area (Å²) in [6.07, 6.45) is 0. The average molecular weight is 311 g/mol. The highest BCUT2D eigenvalue weighted by atomic mass is 19.1. The van der Waals surface area contributed by atoms with E-state index in [2.05, 4.69) is 4.98 Å². The van der Waals surface area contributed by atoms with E-state index in [1.165, 1.54) is 13.2 Å². The number of hydrogen-bond donors (Lipinski definition) is 1. The van der Waals surface area contributed by atoms with E-state index in [9.17, 15) is 14.3 Å². The Morgan fingerprint density at radius 1 is 1.22 bits per heavy atom. The molecule has 0 aliphatic carbocycles. The van der Waals surface area contributed by atoms with Gasteiger partial charge >= 0.3 is 5.97 Å². The van der Waals surface area contributed by atoms with Gasteiger partial charge in [0.05, 0.1) is 23.9 Å². The minimum Gasteiger partial charge on any atom is -0.494 e. The number of pyridine rings is 1. The number of carboxylic acid groups (broad SMARTS) is 1. The first kappa shape index (κ1) is 15.0. The molecule has 0 spiro atoms. The van der Waals surface area contributed by atoms with Crippen molar-refractivity contribution in [2.45, 2.75) is 6.92 Å². The van der Waals surface area contributed by atoms with Crippen LogP contribution in [0.15, 0.2) is 42.5 Å². The number of aromatic carboxylic acids is 1. The standard InChI is InChI=1S/C18H14FNO3/c1-10-16(18(21)22)12-8-13(19)15(23-2)9-14(12)20-17(10)11-6-4-3-5-7-11/h3-9H,1-2H3,(H,21,22). The second-order valence-corrected chi connectivity index (χ2v) is 5.14. The average Bonchev–Trinajstić information content (AvgIpc) is 2.54. The van der Waals surface area contributed by atoms with Crippen molar-refractivity contribution in [1.82, 2.24) is 4.98 Å². The summed E-state index contributed by atoms with van der Waals surface area (Å²) in [6, 6.07) is 11.9. The summed E-state index contributed by atoms with van der Waals surface area (Å²) in [4.78, 5) is 16.2. The normalized spacial score (nSPS) is 10.7. The third kappa shape index (κ3) is 2.50. The molecule has 0 atom stereocenters. The summed E-state index contributed by atoms with van der Waals surface area (Å²) >= 11 is 0. The molecule has 0 aliphatic rings. The van der Waals surface area contributed by atoms with Crippen LogP contribution in [0.3, 0.4) is 0 Å². The summed E-state index contributed by atoms with van der Waals surface area (Å²) in [5.41, 5.74) is 2.29. The van der Waals surface area contributed by atoms with Crippen LogP contribution < -0.4 is 4.74 Å². The molecule has 116 valence electrons. The van der Waals surface area contributed by atoms with E-state index in [0.29, 0.717) is 16.8 Å². The summed E-state index contributed by atoms with van der Waals surface area (Å²) < 4.78 is 18.9. The summed E-state index contributed by atoms with van der Waals surface area (Å²) in [6.45, 7) is 1.68. The van der Waals surface area contributed by atoms with Crippen LogP contribution in [0.4, 0.5) is 4.39 Å². The van der Waals surface area contributed by atoms with Crippen LogP contribution in [0.5, 0.6) is 5.75 Å². The molecular weight excluding hydrogens is 297 g/mol. The van der Waals surface area contributed by atoms with Gasteiger partial charge in [-0.3, -0.25) is 0 Å². The van der Waals surface area contributed by atoms with Gasteiger partial charge in [-0.15, -0.1) is 0 Å². The predicted octanol–water partition coefficient (Wildman–Crippen LogP) is 4.06. The maximum absolute atomic E-state index is 14.0. The van der Waals surface area contributed by atoms with Crippen molar-refractivity contribution in [1.29, 1.82) is 0 Å². The van der Waals surface area contributed by atoms with Crippen LogP contribution in [-0.2, 0) is 0 Å². The number of hydrogen-bond acceptors (Lipinski definition) is 3. The number of rotatable bonds is 3. The maximum Gasteiger partial charge on any atom is 0.336 e. The third-order valence-corrected chi connectivity index (χ3v) is 3.76. The van der Waals surface area contributed by atoms with Crippen LogP contribution in [-0.4, -0.2) is 23.2 Å². The molecule has 0 saturated heterocycles. The molecule has 0 saturated carbocycles. The van der Waals surface area contributed by atoms with Crippen LogP contribution in [0.1, 0.15) is 15.9 Å². The number of aromatic nitrogens is 1. The molecule has 0 amide bonds. The van der Waals surface area contributed by atoms with Gasteiger partial charge in [0.25, 0.3) is 0 Å². The molecule has 3 rings (SSSR count). The number of halogens is 1. The van der Waals surface area contributed by atoms with Gasteiger partial charge in [0.15, 0.2) is 11.6 Å². The van der Waals surface area contributed by atoms with Crippen molar-refractivity contribution in [3.05, 3.63) is 59.4 Å². The maximum atomic E-state index is 14.0. The highest BCUT2D eigenvalue weighted by Gasteiger charge is 2.20. The summed E-state index contributed by atoms with van der Waals surface area (Å²) in [7, 11) is 1.36. The molecule has 0 bridgehead atoms. The van der Waals surface area contributed by atoms with E-state index in [4.69, 9.17) is 4.74 Å². The third-order valence-electron chi connectivity index (χ3n) is 3.76. The fraction of sp³-hybridized carbons (Fsp3) is 0.111. The fourth-order valence-corrected chi connectivity index (χ4v) is 2.67. The number of carboxylic acids is 1. The van der Waals surface area contributed by atoms with Crippen molar-refractivity contribution < 1.29 is 19.0 Å². The topological polar surface area (TPSA) is 59.4 Å². The molecule has 1 heterocycles. The number of methoxy groups -OCH3 is 1. The summed E-state index contributed by atoms with van der Waals surface area (Å²) in [5.74, 6) is -1.70. The SMILES string of the molecule is COc1cc2nc(-c3ccccc3)c(C)c(C(=O)O)c2cc1F. The Morgan fingerprint density at radius 3 is 2.52 bits per heavy atom. The Balaban J connectivity index is 2.42. The molecule has 23 heavy (non-hydrogen) atoms. The van der Waals surface area contributed by atoms with E-state index in [0.717, 1.165) is 11.6 Å². The molecule has 0 aliphatic heterocycles. The zero-order valence-corrected chi connectivity index (χ0v) is 12.6. The Bertz CT molecular complexity index is 907. The highest BCUT2D eigenvalue weighted by molar-refractivity contribution is 6.05. The molecule has 2 aromatic carbocycles. The van der Waals surface area contributed by atoms with Gasteiger partial charge in [-0.05, 0) is 18.6 Å². The lowest BCUT2D eigenvalue weighted by Crippen LogP contribution is -2.05. The number of nitrogens with zero attached hydrogens (tertiary/aromatic N) is 1. The zero-order valence-electron chi connectivity index (χ0n) is 12.6. The van der Waals surface area contributed by atoms with Crippen molar-refractivity contribution >= 4 is 16.9 Å². The molecule has 0 radical (unpaired) electrons. The second-order valence-electron chi connectivity index (χ2n) is 5.14. The van der Waals surface area contributed by atoms with Gasteiger partial charge in [0.2, 0.25) is 0 Å². The first-order valence-electron chi connectivity index (χ1n) is 6.99. The molecule has 4 nitrogen and oxygen atoms in total. The molecule has 1 N–H and O–H groups in total. The van der Waals surface area contributed by atoms with Gasteiger partial charge in [0, 0.05) is 17.0 Å². The Morgan fingerprint density at radius 2 is 1.91 bits per heavy atom. The number of ether oxygens (including phenoxy) is 1. The van der Waals surface area contributed by atoms with Gasteiger partial charge in [-0.25, -0.2) is 14.2 Å². The van der Waals surface area contributed by atoms with Crippen molar-refractivity contribution in [2.24, 2.45) is 0 Å². The Labute approximate surface area is 132 Å². The summed E-state index contributed by atoms with van der Waals surface area (Å²) in [5, 5.41) is 9.83. The lowest BCUT2D eigenvalue weighted by Gasteiger charge is -2.13. The van der Waals surface area contributed by atoms with Gasteiger partial charge in [0.1, 0.15) is 0 Å². The quantitative estimate of drug-likeness (QED) is 0.792. The minimum absolute atomic E-state index is 0.0317.